The highest BCUT2D eigenvalue weighted by Crippen LogP contribution is 2.34. The van der Waals surface area contributed by atoms with Crippen LogP contribution >= 0.6 is 0 Å². The molecule has 0 aliphatic heterocycles. The van der Waals surface area contributed by atoms with Crippen LogP contribution in [0.25, 0.3) is 0 Å². The van der Waals surface area contributed by atoms with Gasteiger partial charge in [0, 0.05) is 24.7 Å². The maximum Gasteiger partial charge on any atom is 0.303 e. The lowest BCUT2D eigenvalue weighted by molar-refractivity contribution is -0.137. The third kappa shape index (κ3) is 8.28. The van der Waals surface area contributed by atoms with Crippen LogP contribution in [0.15, 0.2) is 24.3 Å². The Morgan fingerprint density at radius 3 is 2.65 bits per heavy atom. The normalized spacial score (nSPS) is 26.0. The minimum Gasteiger partial charge on any atom is -0.481 e. The SMILES string of the molecule is CCCCCC(C)(O)/C=C/[C@H]1C(O)CC(=O)[C@@H]1C/C=C\CCCC(=O)O. The number of aliphatic hydroxyl groups is 2. The minimum absolute atomic E-state index is 0.0490. The molecule has 1 saturated carbocycles. The molecule has 4 atom stereocenters. The first-order valence-corrected chi connectivity index (χ1v) is 9.76. The molecule has 5 nitrogen and oxygen atoms in total. The van der Waals surface area contributed by atoms with Gasteiger partial charge in [-0.15, -0.1) is 0 Å². The standard InChI is InChI=1S/C21H34O5/c1-3-4-9-13-21(2,26)14-12-17-16(18(22)15-19(17)23)10-7-5-6-8-11-20(24)25/h5,7,12,14,16-17,19,23,26H,3-4,6,8-11,13,15H2,1-2H3,(H,24,25)/b7-5-,14-12+/t16-,17-,19?,21?/m1/s1. The molecule has 26 heavy (non-hydrogen) atoms. The average Bonchev–Trinajstić information content (AvgIpc) is 2.82. The molecule has 0 aromatic carbocycles. The van der Waals surface area contributed by atoms with Crippen molar-refractivity contribution in [2.45, 2.75) is 83.3 Å². The maximum absolute atomic E-state index is 12.2. The Hall–Kier alpha value is -1.46. The van der Waals surface area contributed by atoms with Crippen molar-refractivity contribution in [2.24, 2.45) is 11.8 Å². The second kappa shape index (κ2) is 11.3. The van der Waals surface area contributed by atoms with Crippen molar-refractivity contribution in [1.82, 2.24) is 0 Å². The third-order valence-corrected chi connectivity index (χ3v) is 5.01. The number of allylic oxidation sites excluding steroid dienone is 2. The second-order valence-electron chi connectivity index (χ2n) is 7.59. The van der Waals surface area contributed by atoms with Crippen LogP contribution in [0.4, 0.5) is 0 Å². The molecule has 0 radical (unpaired) electrons. The number of hydrogen-bond donors (Lipinski definition) is 3. The Morgan fingerprint density at radius 1 is 1.27 bits per heavy atom. The summed E-state index contributed by atoms with van der Waals surface area (Å²) in [6.45, 7) is 3.88. The summed E-state index contributed by atoms with van der Waals surface area (Å²) >= 11 is 0. The molecule has 0 aromatic rings. The van der Waals surface area contributed by atoms with Gasteiger partial charge in [-0.1, -0.05) is 50.5 Å². The van der Waals surface area contributed by atoms with E-state index < -0.39 is 17.7 Å². The zero-order valence-corrected chi connectivity index (χ0v) is 16.1. The van der Waals surface area contributed by atoms with Gasteiger partial charge in [0.25, 0.3) is 0 Å². The molecule has 1 aliphatic carbocycles. The van der Waals surface area contributed by atoms with E-state index in [4.69, 9.17) is 5.11 Å². The minimum atomic E-state index is -0.919. The Morgan fingerprint density at radius 2 is 2.00 bits per heavy atom. The summed E-state index contributed by atoms with van der Waals surface area (Å²) in [6, 6.07) is 0. The van der Waals surface area contributed by atoms with Gasteiger partial charge in [0.15, 0.2) is 0 Å². The lowest BCUT2D eigenvalue weighted by Crippen LogP contribution is -2.23. The topological polar surface area (TPSA) is 94.8 Å². The van der Waals surface area contributed by atoms with E-state index in [0.29, 0.717) is 25.7 Å². The molecule has 0 amide bonds. The molecule has 0 saturated heterocycles. The number of unbranched alkanes of at least 4 members (excludes halogenated alkanes) is 3. The molecule has 0 heterocycles. The monoisotopic (exact) mass is 366 g/mol. The number of ketones is 1. The summed E-state index contributed by atoms with van der Waals surface area (Å²) in [7, 11) is 0. The van der Waals surface area contributed by atoms with Gasteiger partial charge in [0.1, 0.15) is 5.78 Å². The Balaban J connectivity index is 2.58. The lowest BCUT2D eigenvalue weighted by Gasteiger charge is -2.21. The van der Waals surface area contributed by atoms with Gasteiger partial charge in [0.2, 0.25) is 0 Å². The number of rotatable bonds is 12. The third-order valence-electron chi connectivity index (χ3n) is 5.01. The number of carbonyl (C=O) groups is 2. The number of aliphatic carboxylic acids is 1. The van der Waals surface area contributed by atoms with Crippen LogP contribution in [0.2, 0.25) is 0 Å². The molecule has 0 aromatic heterocycles. The Kier molecular flexibility index (Phi) is 9.81. The maximum atomic E-state index is 12.2. The zero-order valence-electron chi connectivity index (χ0n) is 16.1. The van der Waals surface area contributed by atoms with Crippen molar-refractivity contribution in [3.05, 3.63) is 24.3 Å². The largest absolute Gasteiger partial charge is 0.481 e. The van der Waals surface area contributed by atoms with E-state index >= 15 is 0 Å². The van der Waals surface area contributed by atoms with E-state index in [2.05, 4.69) is 6.92 Å². The molecule has 2 unspecified atom stereocenters. The van der Waals surface area contributed by atoms with Crippen LogP contribution in [-0.2, 0) is 9.59 Å². The van der Waals surface area contributed by atoms with E-state index in [0.717, 1.165) is 19.3 Å². The first-order chi connectivity index (χ1) is 12.3. The molecule has 1 aliphatic rings. The summed E-state index contributed by atoms with van der Waals surface area (Å²) in [5.41, 5.74) is -0.919. The predicted octanol–water partition coefficient (Wildman–Crippen LogP) is 3.64. The van der Waals surface area contributed by atoms with Crippen LogP contribution in [-0.4, -0.2) is 38.8 Å². The number of Topliss-reactive ketones (excluding diaryl/α,β-unsaturated/α-hetero) is 1. The fraction of sp³-hybridized carbons (Fsp3) is 0.714. The summed E-state index contributed by atoms with van der Waals surface area (Å²) in [5.74, 6) is -1.30. The smallest absolute Gasteiger partial charge is 0.303 e. The van der Waals surface area contributed by atoms with Crippen LogP contribution in [0.3, 0.4) is 0 Å². The molecular formula is C21H34O5. The lowest BCUT2D eigenvalue weighted by atomic mass is 9.88. The highest BCUT2D eigenvalue weighted by Gasteiger charge is 2.39. The number of carboxylic acid groups (broad SMARTS) is 1. The van der Waals surface area contributed by atoms with Gasteiger partial charge in [-0.3, -0.25) is 9.59 Å². The molecule has 148 valence electrons. The highest BCUT2D eigenvalue weighted by atomic mass is 16.4. The molecule has 0 bridgehead atoms. The van der Waals surface area contributed by atoms with Crippen LogP contribution < -0.4 is 0 Å². The van der Waals surface area contributed by atoms with E-state index in [1.165, 1.54) is 0 Å². The van der Waals surface area contributed by atoms with E-state index in [9.17, 15) is 19.8 Å². The van der Waals surface area contributed by atoms with Gasteiger partial charge >= 0.3 is 5.97 Å². The van der Waals surface area contributed by atoms with Crippen molar-refractivity contribution in [1.29, 1.82) is 0 Å². The summed E-state index contributed by atoms with van der Waals surface area (Å²) in [5, 5.41) is 29.3. The van der Waals surface area contributed by atoms with Crippen molar-refractivity contribution in [2.75, 3.05) is 0 Å². The number of carbonyl (C=O) groups excluding carboxylic acids is 1. The van der Waals surface area contributed by atoms with E-state index in [1.807, 2.05) is 18.2 Å². The molecule has 3 N–H and O–H groups in total. The molecule has 1 rings (SSSR count). The van der Waals surface area contributed by atoms with Crippen molar-refractivity contribution in [3.8, 4) is 0 Å². The van der Waals surface area contributed by atoms with Crippen molar-refractivity contribution >= 4 is 11.8 Å². The van der Waals surface area contributed by atoms with Gasteiger partial charge in [-0.05, 0) is 32.6 Å². The van der Waals surface area contributed by atoms with Crippen molar-refractivity contribution < 1.29 is 24.9 Å². The Bertz CT molecular complexity index is 507. The zero-order chi connectivity index (χ0) is 19.6. The number of aliphatic hydroxyl groups excluding tert-OH is 1. The first-order valence-electron chi connectivity index (χ1n) is 9.76. The average molecular weight is 366 g/mol. The summed E-state index contributed by atoms with van der Waals surface area (Å²) in [4.78, 5) is 22.6. The Labute approximate surface area is 156 Å². The number of carboxylic acids is 1. The van der Waals surface area contributed by atoms with Crippen molar-refractivity contribution in [3.63, 3.8) is 0 Å². The highest BCUT2D eigenvalue weighted by molar-refractivity contribution is 5.84. The van der Waals surface area contributed by atoms with Crippen LogP contribution in [0, 0.1) is 11.8 Å². The summed E-state index contributed by atoms with van der Waals surface area (Å²) < 4.78 is 0. The summed E-state index contributed by atoms with van der Waals surface area (Å²) in [6.07, 6.45) is 12.5. The van der Waals surface area contributed by atoms with Gasteiger partial charge in [0.05, 0.1) is 11.7 Å². The van der Waals surface area contributed by atoms with Crippen LogP contribution in [0.5, 0.6) is 0 Å². The predicted molar refractivity (Wildman–Crippen MR) is 102 cm³/mol. The quantitative estimate of drug-likeness (QED) is 0.362. The van der Waals surface area contributed by atoms with Gasteiger partial charge < -0.3 is 15.3 Å². The second-order valence-corrected chi connectivity index (χ2v) is 7.59. The number of hydrogen-bond acceptors (Lipinski definition) is 4. The molecule has 5 heteroatoms. The fourth-order valence-electron chi connectivity index (χ4n) is 3.39. The van der Waals surface area contributed by atoms with E-state index in [1.54, 1.807) is 13.0 Å². The van der Waals surface area contributed by atoms with E-state index in [-0.39, 0.29) is 30.5 Å². The molecule has 1 fully saturated rings. The van der Waals surface area contributed by atoms with Gasteiger partial charge in [-0.25, -0.2) is 0 Å². The van der Waals surface area contributed by atoms with Gasteiger partial charge in [-0.2, -0.15) is 0 Å². The van der Waals surface area contributed by atoms with Crippen LogP contribution in [0.1, 0.15) is 71.6 Å². The molecule has 0 spiro atoms. The fourth-order valence-corrected chi connectivity index (χ4v) is 3.39. The first kappa shape index (κ1) is 22.6. The molecular weight excluding hydrogens is 332 g/mol.